The third-order valence-electron chi connectivity index (χ3n) is 3.25. The highest BCUT2D eigenvalue weighted by Crippen LogP contribution is 2.29. The van der Waals surface area contributed by atoms with Crippen molar-refractivity contribution in [3.05, 3.63) is 33.8 Å². The van der Waals surface area contributed by atoms with Gasteiger partial charge in [-0.25, -0.2) is 8.42 Å². The predicted octanol–water partition coefficient (Wildman–Crippen LogP) is 3.51. The largest absolute Gasteiger partial charge is 0.381 e. The zero-order valence-corrected chi connectivity index (χ0v) is 13.1. The van der Waals surface area contributed by atoms with Gasteiger partial charge >= 0.3 is 0 Å². The maximum absolute atomic E-state index is 11.6. The van der Waals surface area contributed by atoms with E-state index in [1.807, 2.05) is 6.07 Å². The summed E-state index contributed by atoms with van der Waals surface area (Å²) in [7, 11) is 1.92. The summed E-state index contributed by atoms with van der Waals surface area (Å²) in [5.41, 5.74) is 0.926. The van der Waals surface area contributed by atoms with E-state index in [0.29, 0.717) is 36.1 Å². The number of benzene rings is 1. The molecule has 19 heavy (non-hydrogen) atoms. The summed E-state index contributed by atoms with van der Waals surface area (Å²) in [5, 5.41) is 0.366. The molecule has 1 aliphatic rings. The summed E-state index contributed by atoms with van der Waals surface area (Å²) in [6, 6.07) is 5.28. The average Bonchev–Trinajstić information content (AvgIpc) is 2.33. The second-order valence-corrected chi connectivity index (χ2v) is 8.25. The first kappa shape index (κ1) is 15.4. The first-order valence-electron chi connectivity index (χ1n) is 5.83. The third-order valence-corrected chi connectivity index (χ3v) is 6.02. The number of hydrogen-bond acceptors (Lipinski definition) is 3. The lowest BCUT2D eigenvalue weighted by Gasteiger charge is -2.29. The molecule has 1 aromatic carbocycles. The third kappa shape index (κ3) is 3.99. The molecule has 2 rings (SSSR count). The molecule has 0 bridgehead atoms. The highest BCUT2D eigenvalue weighted by molar-refractivity contribution is 8.14. The van der Waals surface area contributed by atoms with Crippen molar-refractivity contribution >= 4 is 42.9 Å². The number of halogens is 3. The van der Waals surface area contributed by atoms with Crippen LogP contribution in [0, 0.1) is 5.92 Å². The van der Waals surface area contributed by atoms with E-state index in [1.54, 1.807) is 12.1 Å². The number of rotatable bonds is 3. The Hall–Kier alpha value is -0.000000000000000111. The van der Waals surface area contributed by atoms with Gasteiger partial charge in [0.25, 0.3) is 0 Å². The monoisotopic (exact) mass is 342 g/mol. The van der Waals surface area contributed by atoms with Crippen molar-refractivity contribution in [3.63, 3.8) is 0 Å². The van der Waals surface area contributed by atoms with Crippen LogP contribution in [0.2, 0.25) is 10.0 Å². The van der Waals surface area contributed by atoms with E-state index in [1.165, 1.54) is 0 Å². The van der Waals surface area contributed by atoms with Crippen LogP contribution < -0.4 is 0 Å². The minimum Gasteiger partial charge on any atom is -0.381 e. The van der Waals surface area contributed by atoms with E-state index in [4.69, 9.17) is 38.6 Å². The summed E-state index contributed by atoms with van der Waals surface area (Å²) < 4.78 is 28.5. The molecule has 1 aliphatic heterocycles. The lowest BCUT2D eigenvalue weighted by molar-refractivity contribution is 0.0577. The Labute approximate surface area is 127 Å². The molecule has 0 amide bonds. The fraction of sp³-hybridized carbons (Fsp3) is 0.500. The molecule has 1 saturated heterocycles. The molecule has 0 aliphatic carbocycles. The SMILES string of the molecule is O=S(=O)(Cl)[C@H]1CCOC[C@H]1Cc1ccc(Cl)c(Cl)c1. The normalized spacial score (nSPS) is 24.4. The lowest BCUT2D eigenvalue weighted by atomic mass is 9.94. The van der Waals surface area contributed by atoms with E-state index in [2.05, 4.69) is 0 Å². The van der Waals surface area contributed by atoms with Crippen LogP contribution in [0.25, 0.3) is 0 Å². The summed E-state index contributed by atoms with van der Waals surface area (Å²) in [6.45, 7) is 0.811. The minimum absolute atomic E-state index is 0.159. The Morgan fingerprint density at radius 2 is 2.00 bits per heavy atom. The van der Waals surface area contributed by atoms with Crippen LogP contribution in [0.3, 0.4) is 0 Å². The Kier molecular flexibility index (Phi) is 5.01. The van der Waals surface area contributed by atoms with Crippen LogP contribution >= 0.6 is 33.9 Å². The van der Waals surface area contributed by atoms with Gasteiger partial charge in [0.05, 0.1) is 21.9 Å². The maximum atomic E-state index is 11.6. The molecule has 0 radical (unpaired) electrons. The molecule has 2 atom stereocenters. The molecule has 1 fully saturated rings. The zero-order valence-electron chi connectivity index (χ0n) is 9.98. The van der Waals surface area contributed by atoms with Gasteiger partial charge in [-0.3, -0.25) is 0 Å². The van der Waals surface area contributed by atoms with Crippen LogP contribution in [0.4, 0.5) is 0 Å². The Bertz CT molecular complexity index is 559. The zero-order chi connectivity index (χ0) is 14.0. The molecule has 7 heteroatoms. The molecule has 1 aromatic rings. The van der Waals surface area contributed by atoms with Gasteiger partial charge in [-0.05, 0) is 30.5 Å². The molecule has 1 heterocycles. The lowest BCUT2D eigenvalue weighted by Crippen LogP contribution is -2.37. The summed E-state index contributed by atoms with van der Waals surface area (Å²) >= 11 is 11.8. The molecule has 0 N–H and O–H groups in total. The highest BCUT2D eigenvalue weighted by Gasteiger charge is 2.35. The molecular formula is C12H13Cl3O3S. The number of ether oxygens (including phenoxy) is 1. The molecule has 0 aromatic heterocycles. The topological polar surface area (TPSA) is 43.4 Å². The molecular weight excluding hydrogens is 331 g/mol. The fourth-order valence-corrected chi connectivity index (χ4v) is 4.34. The predicted molar refractivity (Wildman–Crippen MR) is 77.7 cm³/mol. The molecule has 0 unspecified atom stereocenters. The van der Waals surface area contributed by atoms with Gasteiger partial charge in [-0.15, -0.1) is 0 Å². The van der Waals surface area contributed by atoms with E-state index in [0.717, 1.165) is 5.56 Å². The quantitative estimate of drug-likeness (QED) is 0.789. The average molecular weight is 344 g/mol. The number of hydrogen-bond donors (Lipinski definition) is 0. The standard InChI is InChI=1S/C12H13Cl3O3S/c13-10-2-1-8(6-11(10)14)5-9-7-18-4-3-12(9)19(15,16)17/h1-2,6,9,12H,3-5,7H2/t9-,12+/m1/s1. The fourth-order valence-electron chi connectivity index (χ4n) is 2.31. The van der Waals surface area contributed by atoms with E-state index < -0.39 is 14.3 Å². The van der Waals surface area contributed by atoms with Gasteiger partial charge < -0.3 is 4.74 Å². The second kappa shape index (κ2) is 6.19. The molecule has 0 spiro atoms. The molecule has 106 valence electrons. The molecule has 3 nitrogen and oxygen atoms in total. The van der Waals surface area contributed by atoms with E-state index in [9.17, 15) is 8.42 Å². The van der Waals surface area contributed by atoms with Crippen molar-refractivity contribution in [1.29, 1.82) is 0 Å². The van der Waals surface area contributed by atoms with Crippen LogP contribution in [0.1, 0.15) is 12.0 Å². The van der Waals surface area contributed by atoms with Crippen molar-refractivity contribution in [3.8, 4) is 0 Å². The van der Waals surface area contributed by atoms with Gasteiger partial charge in [0.1, 0.15) is 0 Å². The Balaban J connectivity index is 2.17. The van der Waals surface area contributed by atoms with E-state index >= 15 is 0 Å². The van der Waals surface area contributed by atoms with Crippen LogP contribution in [0.5, 0.6) is 0 Å². The first-order chi connectivity index (χ1) is 8.88. The smallest absolute Gasteiger partial charge is 0.235 e. The highest BCUT2D eigenvalue weighted by atomic mass is 35.7. The first-order valence-corrected chi connectivity index (χ1v) is 8.96. The summed E-state index contributed by atoms with van der Waals surface area (Å²) in [4.78, 5) is 0. The van der Waals surface area contributed by atoms with Crippen LogP contribution in [-0.4, -0.2) is 26.9 Å². The van der Waals surface area contributed by atoms with Gasteiger partial charge in [0.2, 0.25) is 9.05 Å². The van der Waals surface area contributed by atoms with Gasteiger partial charge in [0, 0.05) is 23.2 Å². The molecule has 0 saturated carbocycles. The van der Waals surface area contributed by atoms with Gasteiger partial charge in [-0.2, -0.15) is 0 Å². The van der Waals surface area contributed by atoms with Crippen molar-refractivity contribution < 1.29 is 13.2 Å². The van der Waals surface area contributed by atoms with Gasteiger partial charge in [-0.1, -0.05) is 29.3 Å². The summed E-state index contributed by atoms with van der Waals surface area (Å²) in [5.74, 6) is -0.159. The van der Waals surface area contributed by atoms with E-state index in [-0.39, 0.29) is 5.92 Å². The Morgan fingerprint density at radius 3 is 2.63 bits per heavy atom. The second-order valence-electron chi connectivity index (χ2n) is 4.59. The Morgan fingerprint density at radius 1 is 1.26 bits per heavy atom. The van der Waals surface area contributed by atoms with Crippen molar-refractivity contribution in [1.82, 2.24) is 0 Å². The van der Waals surface area contributed by atoms with Gasteiger partial charge in [0.15, 0.2) is 0 Å². The van der Waals surface area contributed by atoms with Crippen molar-refractivity contribution in [2.45, 2.75) is 18.1 Å². The van der Waals surface area contributed by atoms with Crippen LogP contribution in [0.15, 0.2) is 18.2 Å². The summed E-state index contributed by atoms with van der Waals surface area (Å²) in [6.07, 6.45) is 0.978. The van der Waals surface area contributed by atoms with Crippen molar-refractivity contribution in [2.24, 2.45) is 5.92 Å². The van der Waals surface area contributed by atoms with Crippen molar-refractivity contribution in [2.75, 3.05) is 13.2 Å². The van der Waals surface area contributed by atoms with Crippen LogP contribution in [-0.2, 0) is 20.2 Å². The maximum Gasteiger partial charge on any atom is 0.235 e. The minimum atomic E-state index is -3.58.